The van der Waals surface area contributed by atoms with E-state index in [9.17, 15) is 4.39 Å². The molecular formula is C15H19FN2S. The van der Waals surface area contributed by atoms with E-state index in [2.05, 4.69) is 24.1 Å². The molecule has 1 heterocycles. The van der Waals surface area contributed by atoms with Gasteiger partial charge in [-0.25, -0.2) is 9.37 Å². The molecule has 102 valence electrons. The molecule has 0 radical (unpaired) electrons. The molecule has 1 N–H and O–H groups in total. The maximum atomic E-state index is 13.2. The number of fused-ring (bicyclic) bond motifs is 1. The Balaban J connectivity index is 1.77. The standard InChI is InChI=1S/C15H19FN2S/c1-9-5-10(2)7-12(6-9)17-15-18-13-4-3-11(16)8-14(13)19-15/h3-4,8-10,12H,5-7H2,1-2H3,(H,17,18). The minimum Gasteiger partial charge on any atom is -0.359 e. The highest BCUT2D eigenvalue weighted by Gasteiger charge is 2.24. The van der Waals surface area contributed by atoms with Crippen molar-refractivity contribution in [2.24, 2.45) is 11.8 Å². The zero-order valence-electron chi connectivity index (χ0n) is 11.3. The zero-order valence-corrected chi connectivity index (χ0v) is 12.1. The van der Waals surface area contributed by atoms with E-state index in [0.29, 0.717) is 6.04 Å². The van der Waals surface area contributed by atoms with Crippen LogP contribution >= 0.6 is 11.3 Å². The summed E-state index contributed by atoms with van der Waals surface area (Å²) < 4.78 is 14.1. The van der Waals surface area contributed by atoms with Crippen molar-refractivity contribution in [3.8, 4) is 0 Å². The highest BCUT2D eigenvalue weighted by Crippen LogP contribution is 2.33. The van der Waals surface area contributed by atoms with Gasteiger partial charge in [-0.05, 0) is 49.3 Å². The number of nitrogens with zero attached hydrogens (tertiary/aromatic N) is 1. The lowest BCUT2D eigenvalue weighted by molar-refractivity contribution is 0.281. The van der Waals surface area contributed by atoms with Crippen LogP contribution in [0.15, 0.2) is 18.2 Å². The third-order valence-corrected chi connectivity index (χ3v) is 4.81. The Kier molecular flexibility index (Phi) is 3.44. The first-order valence-corrected chi connectivity index (χ1v) is 7.74. The van der Waals surface area contributed by atoms with Crippen LogP contribution in [-0.4, -0.2) is 11.0 Å². The first-order valence-electron chi connectivity index (χ1n) is 6.93. The fraction of sp³-hybridized carbons (Fsp3) is 0.533. The smallest absolute Gasteiger partial charge is 0.184 e. The summed E-state index contributed by atoms with van der Waals surface area (Å²) in [5.74, 6) is 1.35. The second-order valence-electron chi connectivity index (χ2n) is 5.89. The maximum Gasteiger partial charge on any atom is 0.184 e. The number of rotatable bonds is 2. The van der Waals surface area contributed by atoms with Crippen LogP contribution in [0.3, 0.4) is 0 Å². The van der Waals surface area contributed by atoms with Crippen LogP contribution in [0.1, 0.15) is 33.1 Å². The molecule has 0 bridgehead atoms. The van der Waals surface area contributed by atoms with E-state index in [0.717, 1.165) is 27.2 Å². The quantitative estimate of drug-likeness (QED) is 0.863. The van der Waals surface area contributed by atoms with Gasteiger partial charge in [0.25, 0.3) is 0 Å². The predicted octanol–water partition coefficient (Wildman–Crippen LogP) is 4.67. The molecule has 4 heteroatoms. The van der Waals surface area contributed by atoms with E-state index in [1.807, 2.05) is 0 Å². The molecule has 2 aromatic rings. The van der Waals surface area contributed by atoms with Crippen LogP contribution in [-0.2, 0) is 0 Å². The minimum atomic E-state index is -0.192. The monoisotopic (exact) mass is 278 g/mol. The van der Waals surface area contributed by atoms with Gasteiger partial charge in [-0.1, -0.05) is 25.2 Å². The lowest BCUT2D eigenvalue weighted by atomic mass is 9.80. The molecule has 2 nitrogen and oxygen atoms in total. The van der Waals surface area contributed by atoms with Crippen LogP contribution in [0.25, 0.3) is 10.2 Å². The molecule has 19 heavy (non-hydrogen) atoms. The molecule has 0 aliphatic heterocycles. The summed E-state index contributed by atoms with van der Waals surface area (Å²) in [4.78, 5) is 4.54. The summed E-state index contributed by atoms with van der Waals surface area (Å²) in [6.07, 6.45) is 3.73. The number of thiazole rings is 1. The van der Waals surface area contributed by atoms with Gasteiger partial charge in [0.2, 0.25) is 0 Å². The second kappa shape index (κ2) is 5.08. The van der Waals surface area contributed by atoms with E-state index >= 15 is 0 Å². The third kappa shape index (κ3) is 2.89. The fourth-order valence-corrected chi connectivity index (χ4v) is 4.17. The predicted molar refractivity (Wildman–Crippen MR) is 79.2 cm³/mol. The number of halogens is 1. The molecule has 1 aliphatic carbocycles. The number of nitrogens with one attached hydrogen (secondary N) is 1. The molecule has 1 aliphatic rings. The number of anilines is 1. The molecule has 2 unspecified atom stereocenters. The van der Waals surface area contributed by atoms with Crippen LogP contribution in [0, 0.1) is 17.7 Å². The van der Waals surface area contributed by atoms with Crippen molar-refractivity contribution < 1.29 is 4.39 Å². The Bertz CT molecular complexity index is 571. The average Bonchev–Trinajstić information content (AvgIpc) is 2.68. The molecule has 0 amide bonds. The number of hydrogen-bond donors (Lipinski definition) is 1. The molecule has 0 saturated heterocycles. The van der Waals surface area contributed by atoms with Gasteiger partial charge in [0.15, 0.2) is 5.13 Å². The zero-order chi connectivity index (χ0) is 13.4. The average molecular weight is 278 g/mol. The molecule has 2 atom stereocenters. The highest BCUT2D eigenvalue weighted by molar-refractivity contribution is 7.22. The van der Waals surface area contributed by atoms with Crippen LogP contribution in [0.4, 0.5) is 9.52 Å². The van der Waals surface area contributed by atoms with Crippen LogP contribution in [0.5, 0.6) is 0 Å². The third-order valence-electron chi connectivity index (χ3n) is 3.86. The lowest BCUT2D eigenvalue weighted by Crippen LogP contribution is -2.30. The number of aromatic nitrogens is 1. The van der Waals surface area contributed by atoms with Gasteiger partial charge < -0.3 is 5.32 Å². The Hall–Kier alpha value is -1.16. The number of hydrogen-bond acceptors (Lipinski definition) is 3. The van der Waals surface area contributed by atoms with E-state index in [4.69, 9.17) is 0 Å². The van der Waals surface area contributed by atoms with E-state index in [1.165, 1.54) is 25.3 Å². The summed E-state index contributed by atoms with van der Waals surface area (Å²) in [6.45, 7) is 4.64. The summed E-state index contributed by atoms with van der Waals surface area (Å²) in [5, 5.41) is 4.46. The van der Waals surface area contributed by atoms with Crippen molar-refractivity contribution in [3.05, 3.63) is 24.0 Å². The van der Waals surface area contributed by atoms with Gasteiger partial charge in [0.1, 0.15) is 5.82 Å². The summed E-state index contributed by atoms with van der Waals surface area (Å²) >= 11 is 1.55. The topological polar surface area (TPSA) is 24.9 Å². The van der Waals surface area contributed by atoms with Crippen LogP contribution in [0.2, 0.25) is 0 Å². The molecule has 1 fully saturated rings. The summed E-state index contributed by atoms with van der Waals surface area (Å²) in [6, 6.07) is 5.28. The fourth-order valence-electron chi connectivity index (χ4n) is 3.20. The number of benzene rings is 1. The molecule has 1 aromatic carbocycles. The van der Waals surface area contributed by atoms with E-state index in [1.54, 1.807) is 23.5 Å². The van der Waals surface area contributed by atoms with Gasteiger partial charge in [-0.3, -0.25) is 0 Å². The second-order valence-corrected chi connectivity index (χ2v) is 6.92. The molecule has 1 saturated carbocycles. The van der Waals surface area contributed by atoms with Crippen molar-refractivity contribution in [1.29, 1.82) is 0 Å². The van der Waals surface area contributed by atoms with E-state index in [-0.39, 0.29) is 5.82 Å². The summed E-state index contributed by atoms with van der Waals surface area (Å²) in [5.41, 5.74) is 0.880. The first kappa shape index (κ1) is 12.9. The Morgan fingerprint density at radius 2 is 1.95 bits per heavy atom. The minimum absolute atomic E-state index is 0.192. The van der Waals surface area contributed by atoms with Gasteiger partial charge in [-0.15, -0.1) is 0 Å². The maximum absolute atomic E-state index is 13.2. The van der Waals surface area contributed by atoms with Crippen LogP contribution < -0.4 is 5.32 Å². The van der Waals surface area contributed by atoms with Crippen molar-refractivity contribution in [1.82, 2.24) is 4.98 Å². The van der Waals surface area contributed by atoms with Crippen molar-refractivity contribution in [3.63, 3.8) is 0 Å². The van der Waals surface area contributed by atoms with E-state index < -0.39 is 0 Å². The van der Waals surface area contributed by atoms with Crippen molar-refractivity contribution in [2.75, 3.05) is 5.32 Å². The highest BCUT2D eigenvalue weighted by atomic mass is 32.1. The Labute approximate surface area is 117 Å². The van der Waals surface area contributed by atoms with Crippen molar-refractivity contribution >= 4 is 26.7 Å². The molecular weight excluding hydrogens is 259 g/mol. The van der Waals surface area contributed by atoms with Gasteiger partial charge >= 0.3 is 0 Å². The largest absolute Gasteiger partial charge is 0.359 e. The summed E-state index contributed by atoms with van der Waals surface area (Å²) in [7, 11) is 0. The molecule has 3 rings (SSSR count). The Morgan fingerprint density at radius 1 is 1.21 bits per heavy atom. The normalized spacial score (nSPS) is 27.6. The van der Waals surface area contributed by atoms with Crippen molar-refractivity contribution in [2.45, 2.75) is 39.2 Å². The molecule has 0 spiro atoms. The first-order chi connectivity index (χ1) is 9.10. The Morgan fingerprint density at radius 3 is 2.68 bits per heavy atom. The van der Waals surface area contributed by atoms with Gasteiger partial charge in [0.05, 0.1) is 10.2 Å². The van der Waals surface area contributed by atoms with Gasteiger partial charge in [0, 0.05) is 6.04 Å². The lowest BCUT2D eigenvalue weighted by Gasteiger charge is -2.31. The van der Waals surface area contributed by atoms with Gasteiger partial charge in [-0.2, -0.15) is 0 Å². The SMILES string of the molecule is CC1CC(C)CC(Nc2nc3ccc(F)cc3s2)C1. The molecule has 1 aromatic heterocycles.